The van der Waals surface area contributed by atoms with Gasteiger partial charge in [0.05, 0.1) is 29.4 Å². The quantitative estimate of drug-likeness (QED) is 0.396. The average Bonchev–Trinajstić information content (AvgIpc) is 3.12. The summed E-state index contributed by atoms with van der Waals surface area (Å²) in [7, 11) is 0. The number of hydrogen-bond acceptors (Lipinski definition) is 7. The first kappa shape index (κ1) is 24.6. The Hall–Kier alpha value is -4.51. The van der Waals surface area contributed by atoms with E-state index in [1.807, 2.05) is 0 Å². The standard InChI is InChI=1S/C25H23FN4O6/c1-15(31)27-13-20-14-29(25(33)36-20)19-9-10-22(21(26)12-19)28-23-11-17(3-2-4-24(23)32)16-5-7-18(8-6-16)30(34)35/h2-12,20,24,28,32H,13-14H2,1H3,(H,27,31)/t20-,24?/m0/s1. The van der Waals surface area contributed by atoms with E-state index in [-0.39, 0.29) is 41.8 Å². The van der Waals surface area contributed by atoms with Gasteiger partial charge in [-0.3, -0.25) is 19.8 Å². The van der Waals surface area contributed by atoms with Crippen molar-refractivity contribution in [3.8, 4) is 0 Å². The van der Waals surface area contributed by atoms with E-state index in [4.69, 9.17) is 4.74 Å². The van der Waals surface area contributed by atoms with Gasteiger partial charge in [0.2, 0.25) is 5.91 Å². The number of hydrogen-bond donors (Lipinski definition) is 3. The Morgan fingerprint density at radius 3 is 2.69 bits per heavy atom. The van der Waals surface area contributed by atoms with Crippen LogP contribution in [0.3, 0.4) is 0 Å². The summed E-state index contributed by atoms with van der Waals surface area (Å²) in [6.07, 6.45) is 4.26. The first-order valence-electron chi connectivity index (χ1n) is 11.0. The van der Waals surface area contributed by atoms with Crippen LogP contribution in [0.2, 0.25) is 0 Å². The number of nitrogens with one attached hydrogen (secondary N) is 2. The molecule has 1 unspecified atom stereocenters. The van der Waals surface area contributed by atoms with Gasteiger partial charge in [0.25, 0.3) is 5.69 Å². The number of cyclic esters (lactones) is 1. The van der Waals surface area contributed by atoms with Crippen molar-refractivity contribution in [2.45, 2.75) is 19.1 Å². The number of amides is 2. The third kappa shape index (κ3) is 5.58. The molecule has 2 aromatic rings. The van der Waals surface area contributed by atoms with Crippen LogP contribution in [0.15, 0.2) is 72.5 Å². The largest absolute Gasteiger partial charge is 0.442 e. The molecule has 1 aliphatic carbocycles. The zero-order valence-corrected chi connectivity index (χ0v) is 19.2. The molecular formula is C25H23FN4O6. The van der Waals surface area contributed by atoms with E-state index >= 15 is 4.39 Å². The van der Waals surface area contributed by atoms with Gasteiger partial charge in [-0.15, -0.1) is 0 Å². The molecule has 0 spiro atoms. The zero-order chi connectivity index (χ0) is 25.8. The Bertz CT molecular complexity index is 1290. The number of carbonyl (C=O) groups excluding carboxylic acids is 2. The number of nitro groups is 1. The Kier molecular flexibility index (Phi) is 7.11. The van der Waals surface area contributed by atoms with Crippen molar-refractivity contribution in [3.63, 3.8) is 0 Å². The highest BCUT2D eigenvalue weighted by Gasteiger charge is 2.32. The molecule has 11 heteroatoms. The molecule has 186 valence electrons. The second kappa shape index (κ2) is 10.4. The fraction of sp³-hybridized carbons (Fsp3) is 0.200. The van der Waals surface area contributed by atoms with Crippen LogP contribution in [0.4, 0.5) is 26.2 Å². The van der Waals surface area contributed by atoms with E-state index in [0.29, 0.717) is 11.1 Å². The Balaban J connectivity index is 1.51. The molecule has 3 N–H and O–H groups in total. The van der Waals surface area contributed by atoms with Gasteiger partial charge < -0.3 is 20.5 Å². The Labute approximate surface area is 205 Å². The SMILES string of the molecule is CC(=O)NC[C@H]1CN(c2ccc(NC3=CC(c4ccc([N+](=O)[O-])cc4)=CC=CC3O)c(F)c2)C(=O)O1. The molecule has 0 radical (unpaired) electrons. The monoisotopic (exact) mass is 494 g/mol. The lowest BCUT2D eigenvalue weighted by Gasteiger charge is -2.18. The Morgan fingerprint density at radius 1 is 1.28 bits per heavy atom. The number of anilines is 2. The molecule has 1 heterocycles. The molecule has 4 rings (SSSR count). The fourth-order valence-corrected chi connectivity index (χ4v) is 3.76. The summed E-state index contributed by atoms with van der Waals surface area (Å²) in [4.78, 5) is 35.0. The van der Waals surface area contributed by atoms with E-state index in [2.05, 4.69) is 10.6 Å². The molecule has 2 aromatic carbocycles. The van der Waals surface area contributed by atoms with Crippen molar-refractivity contribution in [2.24, 2.45) is 0 Å². The van der Waals surface area contributed by atoms with E-state index in [9.17, 15) is 24.8 Å². The lowest BCUT2D eigenvalue weighted by atomic mass is 10.0. The van der Waals surface area contributed by atoms with Crippen molar-refractivity contribution >= 4 is 34.6 Å². The third-order valence-corrected chi connectivity index (χ3v) is 5.61. The van der Waals surface area contributed by atoms with Gasteiger partial charge in [-0.25, -0.2) is 9.18 Å². The highest BCUT2D eigenvalue weighted by molar-refractivity contribution is 5.90. The molecule has 10 nitrogen and oxygen atoms in total. The predicted molar refractivity (Wildman–Crippen MR) is 131 cm³/mol. The van der Waals surface area contributed by atoms with E-state index in [0.717, 1.165) is 0 Å². The molecule has 0 aromatic heterocycles. The van der Waals surface area contributed by atoms with Gasteiger partial charge in [0.1, 0.15) is 18.0 Å². The summed E-state index contributed by atoms with van der Waals surface area (Å²) in [5.41, 5.74) is 1.94. The minimum absolute atomic E-state index is 0.0450. The van der Waals surface area contributed by atoms with Crippen LogP contribution in [-0.4, -0.2) is 47.3 Å². The van der Waals surface area contributed by atoms with Crippen LogP contribution in [0.1, 0.15) is 12.5 Å². The van der Waals surface area contributed by atoms with Crippen LogP contribution in [0, 0.1) is 15.9 Å². The van der Waals surface area contributed by atoms with Crippen molar-refractivity contribution in [1.29, 1.82) is 0 Å². The lowest BCUT2D eigenvalue weighted by molar-refractivity contribution is -0.384. The minimum Gasteiger partial charge on any atom is -0.442 e. The normalized spacial score (nSPS) is 19.2. The van der Waals surface area contributed by atoms with Gasteiger partial charge >= 0.3 is 6.09 Å². The average molecular weight is 494 g/mol. The number of halogens is 1. The van der Waals surface area contributed by atoms with E-state index in [1.54, 1.807) is 36.4 Å². The first-order valence-corrected chi connectivity index (χ1v) is 11.0. The van der Waals surface area contributed by atoms with Crippen LogP contribution in [0.5, 0.6) is 0 Å². The number of non-ortho nitro benzene ring substituents is 1. The summed E-state index contributed by atoms with van der Waals surface area (Å²) in [5, 5.41) is 26.9. The number of benzene rings is 2. The number of ether oxygens (including phenoxy) is 1. The zero-order valence-electron chi connectivity index (χ0n) is 19.2. The topological polar surface area (TPSA) is 134 Å². The van der Waals surface area contributed by atoms with E-state index < -0.39 is 29.0 Å². The van der Waals surface area contributed by atoms with E-state index in [1.165, 1.54) is 42.2 Å². The second-order valence-electron chi connectivity index (χ2n) is 8.20. The molecule has 1 saturated heterocycles. The molecule has 0 saturated carbocycles. The van der Waals surface area contributed by atoms with Gasteiger partial charge in [-0.05, 0) is 47.5 Å². The number of aliphatic hydroxyl groups excluding tert-OH is 1. The smallest absolute Gasteiger partial charge is 0.414 e. The number of rotatable bonds is 7. The van der Waals surface area contributed by atoms with Gasteiger partial charge in [0, 0.05) is 24.8 Å². The molecule has 1 aliphatic heterocycles. The summed E-state index contributed by atoms with van der Waals surface area (Å²) in [5.74, 6) is -0.907. The molecule has 2 amide bonds. The van der Waals surface area contributed by atoms with Crippen LogP contribution < -0.4 is 15.5 Å². The van der Waals surface area contributed by atoms with Crippen molar-refractivity contribution in [3.05, 3.63) is 94.0 Å². The van der Waals surface area contributed by atoms with Crippen LogP contribution in [0.25, 0.3) is 5.57 Å². The maximum Gasteiger partial charge on any atom is 0.414 e. The highest BCUT2D eigenvalue weighted by Crippen LogP contribution is 2.29. The summed E-state index contributed by atoms with van der Waals surface area (Å²) >= 11 is 0. The number of nitrogens with zero attached hydrogens (tertiary/aromatic N) is 2. The molecule has 0 bridgehead atoms. The first-order chi connectivity index (χ1) is 17.2. The van der Waals surface area contributed by atoms with Crippen molar-refractivity contribution in [2.75, 3.05) is 23.3 Å². The minimum atomic E-state index is -1.06. The summed E-state index contributed by atoms with van der Waals surface area (Å²) < 4.78 is 20.2. The molecular weight excluding hydrogens is 471 g/mol. The van der Waals surface area contributed by atoms with Crippen molar-refractivity contribution in [1.82, 2.24) is 5.32 Å². The highest BCUT2D eigenvalue weighted by atomic mass is 19.1. The third-order valence-electron chi connectivity index (χ3n) is 5.61. The number of aliphatic hydroxyl groups is 1. The lowest BCUT2D eigenvalue weighted by Crippen LogP contribution is -2.33. The maximum atomic E-state index is 15.0. The number of nitro benzene ring substituents is 1. The maximum absolute atomic E-state index is 15.0. The van der Waals surface area contributed by atoms with Gasteiger partial charge in [-0.1, -0.05) is 18.2 Å². The fourth-order valence-electron chi connectivity index (χ4n) is 3.76. The summed E-state index contributed by atoms with van der Waals surface area (Å²) in [6.45, 7) is 1.67. The summed E-state index contributed by atoms with van der Waals surface area (Å²) in [6, 6.07) is 10.1. The second-order valence-corrected chi connectivity index (χ2v) is 8.20. The van der Waals surface area contributed by atoms with Crippen LogP contribution >= 0.6 is 0 Å². The molecule has 1 fully saturated rings. The molecule has 36 heavy (non-hydrogen) atoms. The predicted octanol–water partition coefficient (Wildman–Crippen LogP) is 3.51. The van der Waals surface area contributed by atoms with Crippen molar-refractivity contribution < 1.29 is 28.7 Å². The van der Waals surface area contributed by atoms with Crippen LogP contribution in [-0.2, 0) is 9.53 Å². The van der Waals surface area contributed by atoms with Gasteiger partial charge in [-0.2, -0.15) is 0 Å². The Morgan fingerprint density at radius 2 is 2.03 bits per heavy atom. The van der Waals surface area contributed by atoms with Gasteiger partial charge in [0.15, 0.2) is 0 Å². The number of allylic oxidation sites excluding steroid dienone is 4. The number of carbonyl (C=O) groups is 2. The molecule has 2 aliphatic rings. The molecule has 2 atom stereocenters.